The molecule has 0 saturated carbocycles. The zero-order chi connectivity index (χ0) is 9.84. The predicted octanol–water partition coefficient (Wildman–Crippen LogP) is 1.37. The maximum Gasteiger partial charge on any atom is 0.230 e. The quantitative estimate of drug-likeness (QED) is 0.617. The molecule has 0 bridgehead atoms. The van der Waals surface area contributed by atoms with Gasteiger partial charge in [0.1, 0.15) is 0 Å². The Morgan fingerprint density at radius 3 is 2.46 bits per heavy atom. The SMILES string of the molecule is CCCC(CC)N1CC(=O)CC1=O. The van der Waals surface area contributed by atoms with E-state index < -0.39 is 0 Å². The molecule has 0 radical (unpaired) electrons. The minimum absolute atomic E-state index is 0.0188. The van der Waals surface area contributed by atoms with E-state index in [0.717, 1.165) is 19.3 Å². The number of carbonyl (C=O) groups excluding carboxylic acids is 2. The summed E-state index contributed by atoms with van der Waals surface area (Å²) in [7, 11) is 0. The van der Waals surface area contributed by atoms with Crippen molar-refractivity contribution < 1.29 is 9.59 Å². The summed E-state index contributed by atoms with van der Waals surface area (Å²) in [5.74, 6) is 0.0878. The molecule has 0 aromatic rings. The number of likely N-dealkylation sites (tertiary alicyclic amines) is 1. The molecule has 3 nitrogen and oxygen atoms in total. The molecule has 0 N–H and O–H groups in total. The number of rotatable bonds is 4. The lowest BCUT2D eigenvalue weighted by atomic mass is 10.1. The van der Waals surface area contributed by atoms with Gasteiger partial charge in [-0.2, -0.15) is 0 Å². The van der Waals surface area contributed by atoms with Crippen molar-refractivity contribution in [2.45, 2.75) is 45.6 Å². The van der Waals surface area contributed by atoms with Crippen LogP contribution in [0.3, 0.4) is 0 Å². The highest BCUT2D eigenvalue weighted by Crippen LogP contribution is 2.17. The topological polar surface area (TPSA) is 37.4 Å². The summed E-state index contributed by atoms with van der Waals surface area (Å²) in [6.07, 6.45) is 3.15. The molecule has 0 aromatic carbocycles. The first-order valence-corrected chi connectivity index (χ1v) is 5.00. The highest BCUT2D eigenvalue weighted by atomic mass is 16.2. The van der Waals surface area contributed by atoms with Gasteiger partial charge in [0.25, 0.3) is 0 Å². The van der Waals surface area contributed by atoms with E-state index in [1.807, 2.05) is 0 Å². The fraction of sp³-hybridized carbons (Fsp3) is 0.800. The average Bonchev–Trinajstić information content (AvgIpc) is 2.41. The predicted molar refractivity (Wildman–Crippen MR) is 50.3 cm³/mol. The Labute approximate surface area is 79.1 Å². The second-order valence-corrected chi connectivity index (χ2v) is 3.59. The molecule has 1 fully saturated rings. The number of amides is 1. The van der Waals surface area contributed by atoms with Gasteiger partial charge in [0.2, 0.25) is 5.91 Å². The van der Waals surface area contributed by atoms with Crippen molar-refractivity contribution in [2.24, 2.45) is 0 Å². The Morgan fingerprint density at radius 2 is 2.08 bits per heavy atom. The largest absolute Gasteiger partial charge is 0.332 e. The summed E-state index contributed by atoms with van der Waals surface area (Å²) >= 11 is 0. The van der Waals surface area contributed by atoms with Crippen LogP contribution in [0.2, 0.25) is 0 Å². The van der Waals surface area contributed by atoms with Gasteiger partial charge in [0.15, 0.2) is 5.78 Å². The van der Waals surface area contributed by atoms with Crippen LogP contribution in [0, 0.1) is 0 Å². The standard InChI is InChI=1S/C10H17NO2/c1-3-5-8(4-2)11-7-9(12)6-10(11)13/h8H,3-7H2,1-2H3. The van der Waals surface area contributed by atoms with Gasteiger partial charge in [-0.1, -0.05) is 20.3 Å². The van der Waals surface area contributed by atoms with E-state index in [1.165, 1.54) is 0 Å². The van der Waals surface area contributed by atoms with Gasteiger partial charge in [0, 0.05) is 6.04 Å². The number of nitrogens with zero attached hydrogens (tertiary/aromatic N) is 1. The van der Waals surface area contributed by atoms with Crippen LogP contribution in [0.5, 0.6) is 0 Å². The van der Waals surface area contributed by atoms with Crippen LogP contribution in [0.1, 0.15) is 39.5 Å². The lowest BCUT2D eigenvalue weighted by molar-refractivity contribution is -0.129. The third-order valence-electron chi connectivity index (χ3n) is 2.55. The third-order valence-corrected chi connectivity index (χ3v) is 2.55. The summed E-state index contributed by atoms with van der Waals surface area (Å²) in [5, 5.41) is 0. The fourth-order valence-electron chi connectivity index (χ4n) is 1.85. The smallest absolute Gasteiger partial charge is 0.230 e. The zero-order valence-electron chi connectivity index (χ0n) is 8.38. The molecule has 1 aliphatic heterocycles. The van der Waals surface area contributed by atoms with E-state index in [0.29, 0.717) is 6.54 Å². The van der Waals surface area contributed by atoms with Gasteiger partial charge in [-0.3, -0.25) is 9.59 Å². The lowest BCUT2D eigenvalue weighted by Gasteiger charge is -2.25. The Kier molecular flexibility index (Phi) is 3.46. The Hall–Kier alpha value is -0.860. The van der Waals surface area contributed by atoms with Gasteiger partial charge < -0.3 is 4.90 Å². The molecule has 1 aliphatic rings. The highest BCUT2D eigenvalue weighted by molar-refractivity contribution is 6.05. The molecule has 1 atom stereocenters. The molecule has 1 unspecified atom stereocenters. The summed E-state index contributed by atoms with van der Waals surface area (Å²) in [6.45, 7) is 4.51. The molecule has 0 spiro atoms. The van der Waals surface area contributed by atoms with Gasteiger partial charge in [-0.25, -0.2) is 0 Å². The van der Waals surface area contributed by atoms with Crippen LogP contribution < -0.4 is 0 Å². The molecular weight excluding hydrogens is 166 g/mol. The number of hydrogen-bond donors (Lipinski definition) is 0. The van der Waals surface area contributed by atoms with E-state index in [1.54, 1.807) is 4.90 Å². The van der Waals surface area contributed by atoms with Crippen molar-refractivity contribution in [1.29, 1.82) is 0 Å². The van der Waals surface area contributed by atoms with Crippen molar-refractivity contribution in [3.05, 3.63) is 0 Å². The lowest BCUT2D eigenvalue weighted by Crippen LogP contribution is -2.36. The van der Waals surface area contributed by atoms with E-state index in [-0.39, 0.29) is 24.2 Å². The zero-order valence-corrected chi connectivity index (χ0v) is 8.38. The van der Waals surface area contributed by atoms with Crippen molar-refractivity contribution in [2.75, 3.05) is 6.54 Å². The molecular formula is C10H17NO2. The second kappa shape index (κ2) is 4.40. The molecule has 1 heterocycles. The summed E-state index contributed by atoms with van der Waals surface area (Å²) < 4.78 is 0. The molecule has 3 heteroatoms. The summed E-state index contributed by atoms with van der Waals surface area (Å²) in [5.41, 5.74) is 0. The number of ketones is 1. The number of carbonyl (C=O) groups is 2. The van der Waals surface area contributed by atoms with Crippen LogP contribution in [0.25, 0.3) is 0 Å². The maximum absolute atomic E-state index is 11.4. The average molecular weight is 183 g/mol. The minimum Gasteiger partial charge on any atom is -0.332 e. The van der Waals surface area contributed by atoms with Crippen molar-refractivity contribution in [3.8, 4) is 0 Å². The van der Waals surface area contributed by atoms with E-state index in [2.05, 4.69) is 13.8 Å². The molecule has 0 aliphatic carbocycles. The Morgan fingerprint density at radius 1 is 1.38 bits per heavy atom. The molecule has 0 aromatic heterocycles. The molecule has 1 amide bonds. The van der Waals surface area contributed by atoms with Crippen LogP contribution in [-0.2, 0) is 9.59 Å². The van der Waals surface area contributed by atoms with Gasteiger partial charge in [-0.15, -0.1) is 0 Å². The maximum atomic E-state index is 11.4. The van der Waals surface area contributed by atoms with E-state index >= 15 is 0 Å². The van der Waals surface area contributed by atoms with Crippen molar-refractivity contribution >= 4 is 11.7 Å². The number of Topliss-reactive ketones (excluding diaryl/α,β-unsaturated/α-hetero) is 1. The van der Waals surface area contributed by atoms with Crippen LogP contribution in [-0.4, -0.2) is 29.2 Å². The molecule has 74 valence electrons. The first-order chi connectivity index (χ1) is 6.19. The Bertz CT molecular complexity index is 213. The van der Waals surface area contributed by atoms with E-state index in [4.69, 9.17) is 0 Å². The minimum atomic E-state index is 0.0188. The summed E-state index contributed by atoms with van der Waals surface area (Å²) in [4.78, 5) is 24.1. The van der Waals surface area contributed by atoms with E-state index in [9.17, 15) is 9.59 Å². The van der Waals surface area contributed by atoms with Gasteiger partial charge in [-0.05, 0) is 12.8 Å². The third kappa shape index (κ3) is 2.29. The monoisotopic (exact) mass is 183 g/mol. The first-order valence-electron chi connectivity index (χ1n) is 5.00. The fourth-order valence-corrected chi connectivity index (χ4v) is 1.85. The van der Waals surface area contributed by atoms with Gasteiger partial charge in [0.05, 0.1) is 13.0 Å². The van der Waals surface area contributed by atoms with Crippen molar-refractivity contribution in [3.63, 3.8) is 0 Å². The molecule has 1 saturated heterocycles. The first kappa shape index (κ1) is 10.2. The number of hydrogen-bond acceptors (Lipinski definition) is 2. The summed E-state index contributed by atoms with van der Waals surface area (Å²) in [6, 6.07) is 0.281. The second-order valence-electron chi connectivity index (χ2n) is 3.59. The van der Waals surface area contributed by atoms with Crippen molar-refractivity contribution in [1.82, 2.24) is 4.90 Å². The van der Waals surface area contributed by atoms with Crippen LogP contribution in [0.4, 0.5) is 0 Å². The van der Waals surface area contributed by atoms with Crippen LogP contribution in [0.15, 0.2) is 0 Å². The molecule has 13 heavy (non-hydrogen) atoms. The van der Waals surface area contributed by atoms with Crippen LogP contribution >= 0.6 is 0 Å². The van der Waals surface area contributed by atoms with Gasteiger partial charge >= 0.3 is 0 Å². The Balaban J connectivity index is 2.58. The highest BCUT2D eigenvalue weighted by Gasteiger charge is 2.31. The molecule has 1 rings (SSSR count). The normalized spacial score (nSPS) is 19.7.